The Balaban J connectivity index is 2.23. The first-order valence-electron chi connectivity index (χ1n) is 7.78. The van der Waals surface area contributed by atoms with Gasteiger partial charge in [0.05, 0.1) is 31.0 Å². The molecule has 27 heavy (non-hydrogen) atoms. The number of nitrogens with zero attached hydrogens (tertiary/aromatic N) is 3. The third-order valence-corrected chi connectivity index (χ3v) is 4.68. The second kappa shape index (κ2) is 8.27. The standard InChI is InChI=1S/C18H14Cl3N3O3/c1-27-18(26)16-15(9-25)23-17(10-4-13(20)7-22-6-10)24(16)8-11-5-12(19)2-3-14(11)21/h2-7,25H,8-9H2,1H3. The lowest BCUT2D eigenvalue weighted by Gasteiger charge is -2.13. The van der Waals surface area contributed by atoms with Crippen molar-refractivity contribution >= 4 is 40.8 Å². The van der Waals surface area contributed by atoms with E-state index in [1.807, 2.05) is 0 Å². The van der Waals surface area contributed by atoms with Crippen molar-refractivity contribution < 1.29 is 14.6 Å². The highest BCUT2D eigenvalue weighted by Crippen LogP contribution is 2.28. The maximum atomic E-state index is 12.4. The van der Waals surface area contributed by atoms with Gasteiger partial charge in [-0.25, -0.2) is 9.78 Å². The maximum absolute atomic E-state index is 12.4. The summed E-state index contributed by atoms with van der Waals surface area (Å²) in [5.41, 5.74) is 1.54. The van der Waals surface area contributed by atoms with Gasteiger partial charge in [0.1, 0.15) is 5.82 Å². The predicted octanol–water partition coefficient (Wildman–Crippen LogP) is 4.23. The van der Waals surface area contributed by atoms with E-state index >= 15 is 0 Å². The summed E-state index contributed by atoms with van der Waals surface area (Å²) in [4.78, 5) is 20.8. The van der Waals surface area contributed by atoms with Gasteiger partial charge in [0.25, 0.3) is 0 Å². The molecular formula is C18H14Cl3N3O3. The molecule has 0 aliphatic heterocycles. The second-order valence-corrected chi connectivity index (χ2v) is 6.87. The Morgan fingerprint density at radius 1 is 1.19 bits per heavy atom. The van der Waals surface area contributed by atoms with Gasteiger partial charge in [0.2, 0.25) is 0 Å². The quantitative estimate of drug-likeness (QED) is 0.618. The Labute approximate surface area is 170 Å². The van der Waals surface area contributed by atoms with Crippen molar-refractivity contribution in [3.63, 3.8) is 0 Å². The summed E-state index contributed by atoms with van der Waals surface area (Å²) in [5, 5.41) is 11.1. The molecule has 1 N–H and O–H groups in total. The molecule has 3 aromatic rings. The molecule has 9 heteroatoms. The summed E-state index contributed by atoms with van der Waals surface area (Å²) < 4.78 is 6.47. The number of benzene rings is 1. The first-order chi connectivity index (χ1) is 12.9. The van der Waals surface area contributed by atoms with E-state index in [2.05, 4.69) is 9.97 Å². The molecule has 0 unspecified atom stereocenters. The Hall–Kier alpha value is -2.12. The monoisotopic (exact) mass is 425 g/mol. The zero-order chi connectivity index (χ0) is 19.6. The minimum absolute atomic E-state index is 0.117. The summed E-state index contributed by atoms with van der Waals surface area (Å²) in [6, 6.07) is 6.70. The highest BCUT2D eigenvalue weighted by atomic mass is 35.5. The Morgan fingerprint density at radius 2 is 1.96 bits per heavy atom. The minimum Gasteiger partial charge on any atom is -0.464 e. The maximum Gasteiger partial charge on any atom is 0.356 e. The first kappa shape index (κ1) is 19.6. The van der Waals surface area contributed by atoms with E-state index in [0.717, 1.165) is 0 Å². The SMILES string of the molecule is COC(=O)c1c(CO)nc(-c2cncc(Cl)c2)n1Cc1cc(Cl)ccc1Cl. The number of halogens is 3. The molecule has 2 heterocycles. The lowest BCUT2D eigenvalue weighted by molar-refractivity contribution is 0.0585. The lowest BCUT2D eigenvalue weighted by Crippen LogP contribution is -2.14. The summed E-state index contributed by atoms with van der Waals surface area (Å²) in [6.45, 7) is -0.264. The van der Waals surface area contributed by atoms with Crippen LogP contribution in [-0.2, 0) is 17.9 Å². The molecule has 0 atom stereocenters. The van der Waals surface area contributed by atoms with Crippen molar-refractivity contribution in [2.45, 2.75) is 13.2 Å². The molecule has 0 aliphatic carbocycles. The molecule has 0 amide bonds. The fourth-order valence-corrected chi connectivity index (χ4v) is 3.23. The van der Waals surface area contributed by atoms with Crippen LogP contribution in [0.4, 0.5) is 0 Å². The molecule has 0 aliphatic rings. The zero-order valence-corrected chi connectivity index (χ0v) is 16.4. The van der Waals surface area contributed by atoms with E-state index in [4.69, 9.17) is 39.5 Å². The van der Waals surface area contributed by atoms with Crippen LogP contribution >= 0.6 is 34.8 Å². The van der Waals surface area contributed by atoms with E-state index < -0.39 is 12.6 Å². The number of aliphatic hydroxyl groups excluding tert-OH is 1. The first-order valence-corrected chi connectivity index (χ1v) is 8.91. The van der Waals surface area contributed by atoms with Crippen LogP contribution in [0.5, 0.6) is 0 Å². The van der Waals surface area contributed by atoms with Gasteiger partial charge >= 0.3 is 5.97 Å². The number of pyridine rings is 1. The average molecular weight is 427 g/mol. The molecule has 0 fully saturated rings. The molecule has 3 rings (SSSR count). The smallest absolute Gasteiger partial charge is 0.356 e. The third-order valence-electron chi connectivity index (χ3n) is 3.87. The van der Waals surface area contributed by atoms with E-state index in [0.29, 0.717) is 32.0 Å². The second-order valence-electron chi connectivity index (χ2n) is 5.59. The molecule has 140 valence electrons. The van der Waals surface area contributed by atoms with Gasteiger partial charge in [-0.2, -0.15) is 0 Å². The summed E-state index contributed by atoms with van der Waals surface area (Å²) in [5.74, 6) is -0.239. The van der Waals surface area contributed by atoms with Crippen LogP contribution in [0.3, 0.4) is 0 Å². The molecule has 0 saturated heterocycles. The summed E-state index contributed by atoms with van der Waals surface area (Å²) in [7, 11) is 1.26. The Kier molecular flexibility index (Phi) is 6.01. The minimum atomic E-state index is -0.633. The van der Waals surface area contributed by atoms with Gasteiger partial charge in [-0.05, 0) is 29.8 Å². The normalized spacial score (nSPS) is 10.9. The fraction of sp³-hybridized carbons (Fsp3) is 0.167. The van der Waals surface area contributed by atoms with Crippen molar-refractivity contribution in [2.75, 3.05) is 7.11 Å². The van der Waals surface area contributed by atoms with Crippen LogP contribution in [0.2, 0.25) is 15.1 Å². The van der Waals surface area contributed by atoms with Gasteiger partial charge in [0, 0.05) is 28.0 Å². The van der Waals surface area contributed by atoms with E-state index in [9.17, 15) is 9.90 Å². The van der Waals surface area contributed by atoms with E-state index in [-0.39, 0.29) is 17.9 Å². The number of hydrogen-bond donors (Lipinski definition) is 1. The number of ether oxygens (including phenoxy) is 1. The van der Waals surface area contributed by atoms with Crippen LogP contribution in [-0.4, -0.2) is 32.7 Å². The van der Waals surface area contributed by atoms with Crippen LogP contribution < -0.4 is 0 Å². The van der Waals surface area contributed by atoms with Crippen molar-refractivity contribution in [2.24, 2.45) is 0 Å². The zero-order valence-electron chi connectivity index (χ0n) is 14.1. The number of aliphatic hydroxyl groups is 1. The molecule has 2 aromatic heterocycles. The predicted molar refractivity (Wildman–Crippen MR) is 103 cm³/mol. The summed E-state index contributed by atoms with van der Waals surface area (Å²) in [6.07, 6.45) is 3.05. The van der Waals surface area contributed by atoms with E-state index in [1.54, 1.807) is 35.0 Å². The van der Waals surface area contributed by atoms with Crippen molar-refractivity contribution in [3.8, 4) is 11.4 Å². The molecule has 0 radical (unpaired) electrons. The third kappa shape index (κ3) is 4.09. The topological polar surface area (TPSA) is 77.2 Å². The number of carbonyl (C=O) groups excluding carboxylic acids is 1. The number of methoxy groups -OCH3 is 1. The van der Waals surface area contributed by atoms with E-state index in [1.165, 1.54) is 13.3 Å². The number of aromatic nitrogens is 3. The van der Waals surface area contributed by atoms with Gasteiger partial charge in [-0.3, -0.25) is 4.98 Å². The molecule has 0 saturated carbocycles. The van der Waals surface area contributed by atoms with Gasteiger partial charge in [-0.15, -0.1) is 0 Å². The molecular weight excluding hydrogens is 413 g/mol. The van der Waals surface area contributed by atoms with Gasteiger partial charge < -0.3 is 14.4 Å². The number of rotatable bonds is 5. The largest absolute Gasteiger partial charge is 0.464 e. The number of hydrogen-bond acceptors (Lipinski definition) is 5. The number of imidazole rings is 1. The fourth-order valence-electron chi connectivity index (χ4n) is 2.68. The van der Waals surface area contributed by atoms with Crippen molar-refractivity contribution in [3.05, 3.63) is 68.7 Å². The van der Waals surface area contributed by atoms with Gasteiger partial charge in [-0.1, -0.05) is 34.8 Å². The highest BCUT2D eigenvalue weighted by molar-refractivity contribution is 6.33. The average Bonchev–Trinajstić information content (AvgIpc) is 3.02. The molecule has 0 spiro atoms. The Morgan fingerprint density at radius 3 is 2.63 bits per heavy atom. The van der Waals surface area contributed by atoms with Crippen LogP contribution in [0.25, 0.3) is 11.4 Å². The number of carbonyl (C=O) groups is 1. The number of esters is 1. The van der Waals surface area contributed by atoms with Crippen LogP contribution in [0, 0.1) is 0 Å². The van der Waals surface area contributed by atoms with Crippen molar-refractivity contribution in [1.29, 1.82) is 0 Å². The Bertz CT molecular complexity index is 1000. The lowest BCUT2D eigenvalue weighted by atomic mass is 10.2. The van der Waals surface area contributed by atoms with Crippen LogP contribution in [0.1, 0.15) is 21.7 Å². The molecule has 0 bridgehead atoms. The van der Waals surface area contributed by atoms with Gasteiger partial charge in [0.15, 0.2) is 5.69 Å². The molecule has 1 aromatic carbocycles. The van der Waals surface area contributed by atoms with Crippen LogP contribution in [0.15, 0.2) is 36.7 Å². The highest BCUT2D eigenvalue weighted by Gasteiger charge is 2.25. The van der Waals surface area contributed by atoms with Crippen molar-refractivity contribution in [1.82, 2.24) is 14.5 Å². The molecule has 6 nitrogen and oxygen atoms in total. The summed E-state index contributed by atoms with van der Waals surface area (Å²) >= 11 is 18.4.